The summed E-state index contributed by atoms with van der Waals surface area (Å²) in [6, 6.07) is 7.12. The van der Waals surface area contributed by atoms with Crippen LogP contribution in [0, 0.1) is 0 Å². The number of rotatable bonds is 3. The monoisotopic (exact) mass is 406 g/mol. The van der Waals surface area contributed by atoms with Crippen molar-refractivity contribution in [2.45, 2.75) is 12.1 Å². The summed E-state index contributed by atoms with van der Waals surface area (Å²) in [6.45, 7) is 0.563. The maximum Gasteiger partial charge on any atom is 0.222 e. The molecule has 1 saturated heterocycles. The number of hydrogen-bond acceptors (Lipinski definition) is 6. The molecule has 1 aliphatic heterocycles. The molecule has 0 spiro atoms. The highest BCUT2D eigenvalue weighted by Crippen LogP contribution is 2.42. The van der Waals surface area contributed by atoms with E-state index in [-0.39, 0.29) is 19.0 Å². The molecule has 2 aromatic heterocycles. The van der Waals surface area contributed by atoms with Crippen LogP contribution in [0.25, 0.3) is 22.2 Å². The number of nitrogen functional groups attached to an aromatic ring is 1. The normalized spacial score (nSPS) is 19.8. The van der Waals surface area contributed by atoms with Crippen LogP contribution >= 0.6 is 23.2 Å². The number of nitrogens with zero attached hydrogens (tertiary/aromatic N) is 4. The maximum atomic E-state index is 14.8. The number of benzene rings is 1. The second-order valence-electron chi connectivity index (χ2n) is 6.62. The zero-order chi connectivity index (χ0) is 19.2. The van der Waals surface area contributed by atoms with Gasteiger partial charge in [-0.2, -0.15) is 4.98 Å². The summed E-state index contributed by atoms with van der Waals surface area (Å²) in [4.78, 5) is 14.7. The summed E-state index contributed by atoms with van der Waals surface area (Å²) >= 11 is 12.9. The van der Waals surface area contributed by atoms with Gasteiger partial charge in [-0.3, -0.25) is 0 Å². The molecule has 4 N–H and O–H groups in total. The van der Waals surface area contributed by atoms with E-state index in [0.29, 0.717) is 51.0 Å². The quantitative estimate of drug-likeness (QED) is 0.691. The summed E-state index contributed by atoms with van der Waals surface area (Å²) in [5.41, 5.74) is 11.6. The first-order valence-electron chi connectivity index (χ1n) is 8.42. The average molecular weight is 407 g/mol. The van der Waals surface area contributed by atoms with Crippen molar-refractivity contribution in [3.8, 4) is 11.1 Å². The second-order valence-corrected chi connectivity index (χ2v) is 7.44. The Morgan fingerprint density at radius 1 is 1.22 bits per heavy atom. The molecule has 9 heteroatoms. The van der Waals surface area contributed by atoms with E-state index in [1.807, 2.05) is 11.0 Å². The van der Waals surface area contributed by atoms with E-state index in [4.69, 9.17) is 34.7 Å². The molecule has 0 radical (unpaired) electrons. The van der Waals surface area contributed by atoms with Crippen LogP contribution in [0.5, 0.6) is 0 Å². The molecular weight excluding hydrogens is 390 g/mol. The smallest absolute Gasteiger partial charge is 0.222 e. The summed E-state index contributed by atoms with van der Waals surface area (Å²) < 4.78 is 14.8. The van der Waals surface area contributed by atoms with Gasteiger partial charge in [-0.1, -0.05) is 29.3 Å². The van der Waals surface area contributed by atoms with E-state index >= 15 is 0 Å². The van der Waals surface area contributed by atoms with Crippen molar-refractivity contribution in [3.05, 3.63) is 40.5 Å². The van der Waals surface area contributed by atoms with Crippen LogP contribution in [0.4, 0.5) is 16.2 Å². The minimum atomic E-state index is -1.46. The van der Waals surface area contributed by atoms with Crippen LogP contribution in [0.2, 0.25) is 10.0 Å². The lowest BCUT2D eigenvalue weighted by Crippen LogP contribution is -2.36. The number of anilines is 2. The molecule has 1 aromatic carbocycles. The van der Waals surface area contributed by atoms with Crippen LogP contribution < -0.4 is 16.4 Å². The van der Waals surface area contributed by atoms with Gasteiger partial charge in [0.25, 0.3) is 0 Å². The lowest BCUT2D eigenvalue weighted by Gasteiger charge is -2.23. The lowest BCUT2D eigenvalue weighted by molar-refractivity contribution is 0.204. The van der Waals surface area contributed by atoms with Crippen LogP contribution in [0.15, 0.2) is 30.5 Å². The predicted molar refractivity (Wildman–Crippen MR) is 107 cm³/mol. The van der Waals surface area contributed by atoms with Crippen LogP contribution in [0.1, 0.15) is 6.42 Å². The van der Waals surface area contributed by atoms with Crippen molar-refractivity contribution < 1.29 is 4.39 Å². The molecule has 27 heavy (non-hydrogen) atoms. The van der Waals surface area contributed by atoms with Crippen LogP contribution in [-0.4, -0.2) is 40.3 Å². The number of alkyl halides is 1. The first kappa shape index (κ1) is 18.2. The van der Waals surface area contributed by atoms with Gasteiger partial charge in [0.1, 0.15) is 11.5 Å². The topological polar surface area (TPSA) is 94.0 Å². The third kappa shape index (κ3) is 3.26. The van der Waals surface area contributed by atoms with Crippen molar-refractivity contribution in [2.24, 2.45) is 5.73 Å². The summed E-state index contributed by atoms with van der Waals surface area (Å²) in [5, 5.41) is 1.64. The minimum absolute atomic E-state index is 0.0472. The fourth-order valence-corrected chi connectivity index (χ4v) is 3.93. The van der Waals surface area contributed by atoms with Crippen LogP contribution in [-0.2, 0) is 0 Å². The minimum Gasteiger partial charge on any atom is -0.368 e. The van der Waals surface area contributed by atoms with Crippen LogP contribution in [0.3, 0.4) is 0 Å². The van der Waals surface area contributed by atoms with Crippen molar-refractivity contribution in [2.75, 3.05) is 30.3 Å². The van der Waals surface area contributed by atoms with E-state index in [9.17, 15) is 4.39 Å². The van der Waals surface area contributed by atoms with Gasteiger partial charge in [0.05, 0.1) is 16.6 Å². The number of nitrogens with two attached hydrogens (primary N) is 2. The van der Waals surface area contributed by atoms with E-state index in [1.54, 1.807) is 24.4 Å². The molecule has 0 amide bonds. The molecule has 3 aromatic rings. The van der Waals surface area contributed by atoms with Gasteiger partial charge >= 0.3 is 0 Å². The zero-order valence-electron chi connectivity index (χ0n) is 14.3. The van der Waals surface area contributed by atoms with Crippen molar-refractivity contribution in [1.29, 1.82) is 0 Å². The maximum absolute atomic E-state index is 14.8. The van der Waals surface area contributed by atoms with Crippen molar-refractivity contribution >= 4 is 46.0 Å². The SMILES string of the molecule is NC[C@@]1(F)CCN(c2nc3nc(N)ncc3cc2-c2c(Cl)cccc2Cl)C1. The Kier molecular flexibility index (Phi) is 4.53. The first-order chi connectivity index (χ1) is 12.9. The van der Waals surface area contributed by atoms with E-state index in [0.717, 1.165) is 0 Å². The molecule has 0 saturated carbocycles. The van der Waals surface area contributed by atoms with E-state index in [1.165, 1.54) is 0 Å². The standard InChI is InChI=1S/C18H17Cl2FN6/c19-12-2-1-3-13(20)14(12)11-6-10-7-24-17(23)26-15(10)25-16(11)27-5-4-18(21,8-22)9-27/h1-3,6-7H,4-5,8-9,22H2,(H2,23,24,25,26)/t18-/m0/s1. The number of hydrogen-bond donors (Lipinski definition) is 2. The molecule has 0 unspecified atom stereocenters. The number of pyridine rings is 1. The van der Waals surface area contributed by atoms with E-state index in [2.05, 4.69) is 15.0 Å². The number of fused-ring (bicyclic) bond motifs is 1. The second kappa shape index (κ2) is 6.74. The summed E-state index contributed by atoms with van der Waals surface area (Å²) in [5.74, 6) is 0.663. The molecule has 4 rings (SSSR count). The Labute approximate surface area is 165 Å². The Bertz CT molecular complexity index is 1010. The summed E-state index contributed by atoms with van der Waals surface area (Å²) in [6.07, 6.45) is 1.91. The Morgan fingerprint density at radius 3 is 2.63 bits per heavy atom. The molecule has 3 heterocycles. The molecule has 0 bridgehead atoms. The third-order valence-corrected chi connectivity index (χ3v) is 5.40. The Balaban J connectivity index is 1.95. The van der Waals surface area contributed by atoms with E-state index < -0.39 is 5.67 Å². The van der Waals surface area contributed by atoms with Gasteiger partial charge in [-0.05, 0) is 18.2 Å². The molecule has 1 fully saturated rings. The first-order valence-corrected chi connectivity index (χ1v) is 9.17. The third-order valence-electron chi connectivity index (χ3n) is 4.77. The van der Waals surface area contributed by atoms with Gasteiger partial charge in [-0.25, -0.2) is 14.4 Å². The molecule has 0 aliphatic carbocycles. The molecule has 1 aliphatic rings. The highest BCUT2D eigenvalue weighted by molar-refractivity contribution is 6.39. The highest BCUT2D eigenvalue weighted by Gasteiger charge is 2.38. The highest BCUT2D eigenvalue weighted by atomic mass is 35.5. The van der Waals surface area contributed by atoms with Crippen molar-refractivity contribution in [3.63, 3.8) is 0 Å². The molecular formula is C18H17Cl2FN6. The van der Waals surface area contributed by atoms with Gasteiger partial charge in [0, 0.05) is 42.2 Å². The fourth-order valence-electron chi connectivity index (χ4n) is 3.33. The van der Waals surface area contributed by atoms with Crippen molar-refractivity contribution in [1.82, 2.24) is 15.0 Å². The summed E-state index contributed by atoms with van der Waals surface area (Å²) in [7, 11) is 0. The van der Waals surface area contributed by atoms with Gasteiger partial charge in [0.2, 0.25) is 5.95 Å². The molecule has 6 nitrogen and oxygen atoms in total. The number of aromatic nitrogens is 3. The number of halogens is 3. The molecule has 1 atom stereocenters. The average Bonchev–Trinajstić information content (AvgIpc) is 3.04. The van der Waals surface area contributed by atoms with Gasteiger partial charge in [-0.15, -0.1) is 0 Å². The Morgan fingerprint density at radius 2 is 1.96 bits per heavy atom. The van der Waals surface area contributed by atoms with Gasteiger partial charge < -0.3 is 16.4 Å². The predicted octanol–water partition coefficient (Wildman–Crippen LogP) is 3.46. The zero-order valence-corrected chi connectivity index (χ0v) is 15.8. The Hall–Kier alpha value is -2.22. The lowest BCUT2D eigenvalue weighted by atomic mass is 10.0. The largest absolute Gasteiger partial charge is 0.368 e. The van der Waals surface area contributed by atoms with Gasteiger partial charge in [0.15, 0.2) is 5.65 Å². The molecule has 140 valence electrons. The fraction of sp³-hybridized carbons (Fsp3) is 0.278.